The minimum atomic E-state index is -0.606. The van der Waals surface area contributed by atoms with Crippen LogP contribution in [0.5, 0.6) is 11.5 Å². The van der Waals surface area contributed by atoms with Crippen molar-refractivity contribution in [3.05, 3.63) is 83.7 Å². The third-order valence-electron chi connectivity index (χ3n) is 3.79. The van der Waals surface area contributed by atoms with E-state index in [9.17, 15) is 14.0 Å². The molecule has 0 heterocycles. The number of ether oxygens (including phenoxy) is 2. The van der Waals surface area contributed by atoms with E-state index in [4.69, 9.17) is 9.47 Å². The number of benzene rings is 2. The van der Waals surface area contributed by atoms with Gasteiger partial charge in [-0.1, -0.05) is 44.4 Å². The average molecular weight is 380 g/mol. The first-order valence-corrected chi connectivity index (χ1v) is 8.65. The van der Waals surface area contributed by atoms with Gasteiger partial charge >= 0.3 is 11.9 Å². The summed E-state index contributed by atoms with van der Waals surface area (Å²) in [7, 11) is 0. The lowest BCUT2D eigenvalue weighted by molar-refractivity contribution is -0.131. The first-order valence-electron chi connectivity index (χ1n) is 8.65. The van der Waals surface area contributed by atoms with Crippen LogP contribution < -0.4 is 9.47 Å². The molecule has 144 valence electrons. The Kier molecular flexibility index (Phi) is 7.04. The second-order valence-electron chi connectivity index (χ2n) is 6.10. The summed E-state index contributed by atoms with van der Waals surface area (Å²) in [4.78, 5) is 23.2. The number of halogens is 1. The molecule has 0 aliphatic carbocycles. The number of rotatable bonds is 7. The van der Waals surface area contributed by atoms with Crippen LogP contribution in [0.15, 0.2) is 66.8 Å². The molecular weight excluding hydrogens is 359 g/mol. The zero-order valence-corrected chi connectivity index (χ0v) is 15.8. The summed E-state index contributed by atoms with van der Waals surface area (Å²) in [5.74, 6) is -1.06. The molecule has 0 amide bonds. The van der Waals surface area contributed by atoms with Crippen molar-refractivity contribution >= 4 is 24.1 Å². The van der Waals surface area contributed by atoms with Gasteiger partial charge in [0.15, 0.2) is 0 Å². The molecule has 2 aromatic carbocycles. The Morgan fingerprint density at radius 2 is 1.57 bits per heavy atom. The molecule has 0 radical (unpaired) electrons. The first kappa shape index (κ1) is 20.8. The van der Waals surface area contributed by atoms with Gasteiger partial charge < -0.3 is 9.47 Å². The summed E-state index contributed by atoms with van der Waals surface area (Å²) in [5, 5.41) is 0. The summed E-state index contributed by atoms with van der Waals surface area (Å²) in [6.45, 7) is 10.5. The molecule has 0 N–H and O–H groups in total. The van der Waals surface area contributed by atoms with Crippen LogP contribution in [0.25, 0.3) is 12.2 Å². The van der Waals surface area contributed by atoms with Gasteiger partial charge in [-0.3, -0.25) is 0 Å². The predicted molar refractivity (Wildman–Crippen MR) is 107 cm³/mol. The molecule has 0 fully saturated rings. The van der Waals surface area contributed by atoms with Crippen LogP contribution in [0.1, 0.15) is 31.4 Å². The minimum absolute atomic E-state index is 0.113. The summed E-state index contributed by atoms with van der Waals surface area (Å²) < 4.78 is 24.4. The number of carbonyl (C=O) groups excluding carboxylic acids is 2. The molecule has 0 unspecified atom stereocenters. The SMILES string of the molecule is C=C(C)C(=O)Oc1ccc(/C=C/c2ccc(OC(=O)C(=C)CC)cc2)c(F)c1. The molecule has 2 aromatic rings. The van der Waals surface area contributed by atoms with Gasteiger partial charge in [0.1, 0.15) is 17.3 Å². The van der Waals surface area contributed by atoms with Crippen molar-refractivity contribution in [1.82, 2.24) is 0 Å². The standard InChI is InChI=1S/C23H21FO4/c1-5-16(4)23(26)27-19-11-7-17(8-12-19)6-9-18-10-13-20(14-21(18)24)28-22(25)15(2)3/h6-14H,2,4-5H2,1,3H3/b9-6+. The van der Waals surface area contributed by atoms with Gasteiger partial charge in [-0.2, -0.15) is 0 Å². The van der Waals surface area contributed by atoms with Crippen LogP contribution in [-0.4, -0.2) is 11.9 Å². The second-order valence-corrected chi connectivity index (χ2v) is 6.10. The molecule has 4 nitrogen and oxygen atoms in total. The van der Waals surface area contributed by atoms with Crippen LogP contribution in [-0.2, 0) is 9.59 Å². The fraction of sp³-hybridized carbons (Fsp3) is 0.130. The van der Waals surface area contributed by atoms with E-state index in [1.807, 2.05) is 6.92 Å². The van der Waals surface area contributed by atoms with Crippen molar-refractivity contribution in [2.75, 3.05) is 0 Å². The third kappa shape index (κ3) is 5.77. The summed E-state index contributed by atoms with van der Waals surface area (Å²) in [6.07, 6.45) is 3.84. The average Bonchev–Trinajstić information content (AvgIpc) is 2.67. The van der Waals surface area contributed by atoms with Crippen molar-refractivity contribution in [1.29, 1.82) is 0 Å². The topological polar surface area (TPSA) is 52.6 Å². The van der Waals surface area contributed by atoms with E-state index in [1.54, 1.807) is 36.4 Å². The molecule has 0 atom stereocenters. The van der Waals surface area contributed by atoms with Crippen LogP contribution >= 0.6 is 0 Å². The molecule has 0 bridgehead atoms. The van der Waals surface area contributed by atoms with Crippen LogP contribution in [0.3, 0.4) is 0 Å². The Morgan fingerprint density at radius 1 is 0.964 bits per heavy atom. The maximum absolute atomic E-state index is 14.2. The van der Waals surface area contributed by atoms with Crippen molar-refractivity contribution < 1.29 is 23.5 Å². The van der Waals surface area contributed by atoms with E-state index in [-0.39, 0.29) is 11.3 Å². The number of carbonyl (C=O) groups is 2. The number of hydrogen-bond acceptors (Lipinski definition) is 4. The third-order valence-corrected chi connectivity index (χ3v) is 3.79. The van der Waals surface area contributed by atoms with E-state index in [2.05, 4.69) is 13.2 Å². The van der Waals surface area contributed by atoms with Crippen molar-refractivity contribution in [2.24, 2.45) is 0 Å². The molecule has 0 spiro atoms. The molecule has 5 heteroatoms. The van der Waals surface area contributed by atoms with Gasteiger partial charge in [0, 0.05) is 22.8 Å². The molecule has 0 aliphatic heterocycles. The highest BCUT2D eigenvalue weighted by atomic mass is 19.1. The van der Waals surface area contributed by atoms with Gasteiger partial charge in [-0.25, -0.2) is 14.0 Å². The second kappa shape index (κ2) is 9.46. The van der Waals surface area contributed by atoms with E-state index in [0.717, 1.165) is 11.6 Å². The quantitative estimate of drug-likeness (QED) is 0.281. The molecule has 28 heavy (non-hydrogen) atoms. The Morgan fingerprint density at radius 3 is 2.14 bits per heavy atom. The predicted octanol–water partition coefficient (Wildman–Crippen LogP) is 5.35. The fourth-order valence-corrected chi connectivity index (χ4v) is 2.06. The number of hydrogen-bond donors (Lipinski definition) is 0. The highest BCUT2D eigenvalue weighted by molar-refractivity contribution is 5.89. The first-order chi connectivity index (χ1) is 13.3. The molecule has 0 saturated heterocycles. The Balaban J connectivity index is 2.05. The van der Waals surface area contributed by atoms with Crippen LogP contribution in [0, 0.1) is 5.82 Å². The lowest BCUT2D eigenvalue weighted by Gasteiger charge is -2.06. The maximum atomic E-state index is 14.2. The zero-order chi connectivity index (χ0) is 20.7. The summed E-state index contributed by atoms with van der Waals surface area (Å²) >= 11 is 0. The molecule has 0 aromatic heterocycles. The Bertz CT molecular complexity index is 940. The van der Waals surface area contributed by atoms with Crippen LogP contribution in [0.2, 0.25) is 0 Å². The van der Waals surface area contributed by atoms with Gasteiger partial charge in [-0.05, 0) is 43.2 Å². The molecular formula is C23H21FO4. The normalized spacial score (nSPS) is 10.5. The fourth-order valence-electron chi connectivity index (χ4n) is 2.06. The van der Waals surface area contributed by atoms with E-state index in [0.29, 0.717) is 23.3 Å². The van der Waals surface area contributed by atoms with Gasteiger partial charge in [0.2, 0.25) is 0 Å². The van der Waals surface area contributed by atoms with Crippen LogP contribution in [0.4, 0.5) is 4.39 Å². The van der Waals surface area contributed by atoms with Gasteiger partial charge in [0.25, 0.3) is 0 Å². The number of esters is 2. The smallest absolute Gasteiger partial charge is 0.338 e. The van der Waals surface area contributed by atoms with Crippen molar-refractivity contribution in [3.8, 4) is 11.5 Å². The highest BCUT2D eigenvalue weighted by Gasteiger charge is 2.09. The largest absolute Gasteiger partial charge is 0.423 e. The minimum Gasteiger partial charge on any atom is -0.423 e. The monoisotopic (exact) mass is 380 g/mol. The van der Waals surface area contributed by atoms with Crippen molar-refractivity contribution in [2.45, 2.75) is 20.3 Å². The Hall–Kier alpha value is -3.47. The zero-order valence-electron chi connectivity index (χ0n) is 15.8. The van der Waals surface area contributed by atoms with E-state index in [1.165, 1.54) is 19.1 Å². The molecule has 0 saturated carbocycles. The van der Waals surface area contributed by atoms with E-state index >= 15 is 0 Å². The maximum Gasteiger partial charge on any atom is 0.338 e. The lowest BCUT2D eigenvalue weighted by Crippen LogP contribution is -2.09. The Labute approximate surface area is 163 Å². The molecule has 0 aliphatic rings. The summed E-state index contributed by atoms with van der Waals surface area (Å²) in [5.41, 5.74) is 1.77. The van der Waals surface area contributed by atoms with E-state index < -0.39 is 17.8 Å². The summed E-state index contributed by atoms with van der Waals surface area (Å²) in [6, 6.07) is 11.0. The van der Waals surface area contributed by atoms with Crippen molar-refractivity contribution in [3.63, 3.8) is 0 Å². The highest BCUT2D eigenvalue weighted by Crippen LogP contribution is 2.21. The molecule has 2 rings (SSSR count). The lowest BCUT2D eigenvalue weighted by atomic mass is 10.1. The van der Waals surface area contributed by atoms with Gasteiger partial charge in [0.05, 0.1) is 0 Å². The van der Waals surface area contributed by atoms with Gasteiger partial charge in [-0.15, -0.1) is 0 Å².